The van der Waals surface area contributed by atoms with E-state index in [1.165, 1.54) is 6.20 Å². The maximum Gasteiger partial charge on any atom is 0.272 e. The van der Waals surface area contributed by atoms with Gasteiger partial charge in [0.2, 0.25) is 0 Å². The zero-order chi connectivity index (χ0) is 18.9. The molecule has 138 valence electrons. The van der Waals surface area contributed by atoms with Gasteiger partial charge in [0, 0.05) is 17.3 Å². The third kappa shape index (κ3) is 5.39. The van der Waals surface area contributed by atoms with E-state index in [4.69, 9.17) is 9.47 Å². The number of aromatic nitrogens is 1. The SMILES string of the molecule is CCOc1cc(/C=N\NC(=O)c2cccnc2)ccc1OCc1cccs1. The second kappa shape index (κ2) is 9.49. The van der Waals surface area contributed by atoms with E-state index >= 15 is 0 Å². The Bertz CT molecular complexity index is 896. The summed E-state index contributed by atoms with van der Waals surface area (Å²) in [5, 5.41) is 6.00. The lowest BCUT2D eigenvalue weighted by molar-refractivity contribution is 0.0955. The molecule has 2 aromatic heterocycles. The summed E-state index contributed by atoms with van der Waals surface area (Å²) in [6.45, 7) is 2.93. The Morgan fingerprint density at radius 2 is 2.15 bits per heavy atom. The van der Waals surface area contributed by atoms with Crippen LogP contribution in [0.4, 0.5) is 0 Å². The van der Waals surface area contributed by atoms with Gasteiger partial charge in [0.25, 0.3) is 5.91 Å². The number of carbonyl (C=O) groups is 1. The van der Waals surface area contributed by atoms with Gasteiger partial charge in [0.15, 0.2) is 11.5 Å². The summed E-state index contributed by atoms with van der Waals surface area (Å²) in [5.41, 5.74) is 3.71. The van der Waals surface area contributed by atoms with Crippen molar-refractivity contribution in [1.29, 1.82) is 0 Å². The van der Waals surface area contributed by atoms with Crippen molar-refractivity contribution in [2.75, 3.05) is 6.61 Å². The first-order valence-corrected chi connectivity index (χ1v) is 9.29. The highest BCUT2D eigenvalue weighted by Crippen LogP contribution is 2.29. The highest BCUT2D eigenvalue weighted by molar-refractivity contribution is 7.09. The fourth-order valence-corrected chi connectivity index (χ4v) is 2.88. The molecule has 0 fully saturated rings. The summed E-state index contributed by atoms with van der Waals surface area (Å²) in [6, 6.07) is 12.9. The molecule has 0 saturated heterocycles. The molecule has 1 amide bonds. The van der Waals surface area contributed by atoms with E-state index < -0.39 is 0 Å². The molecule has 0 unspecified atom stereocenters. The van der Waals surface area contributed by atoms with Crippen molar-refractivity contribution in [2.24, 2.45) is 5.10 Å². The molecule has 7 heteroatoms. The van der Waals surface area contributed by atoms with Crippen molar-refractivity contribution in [3.05, 3.63) is 76.2 Å². The van der Waals surface area contributed by atoms with Crippen LogP contribution in [0.1, 0.15) is 27.7 Å². The lowest BCUT2D eigenvalue weighted by Gasteiger charge is -2.12. The van der Waals surface area contributed by atoms with E-state index in [0.717, 1.165) is 10.4 Å². The summed E-state index contributed by atoms with van der Waals surface area (Å²) in [6.07, 6.45) is 4.65. The molecule has 0 aliphatic rings. The van der Waals surface area contributed by atoms with Gasteiger partial charge in [0.1, 0.15) is 6.61 Å². The Kier molecular flexibility index (Phi) is 6.54. The summed E-state index contributed by atoms with van der Waals surface area (Å²) < 4.78 is 11.5. The third-order valence-corrected chi connectivity index (χ3v) is 4.37. The van der Waals surface area contributed by atoms with Crippen LogP contribution in [0.25, 0.3) is 0 Å². The van der Waals surface area contributed by atoms with Gasteiger partial charge in [0.05, 0.1) is 18.4 Å². The molecule has 0 aliphatic carbocycles. The highest BCUT2D eigenvalue weighted by Gasteiger charge is 2.07. The predicted octanol–water partition coefficient (Wildman–Crippen LogP) is 3.88. The minimum Gasteiger partial charge on any atom is -0.490 e. The molecular weight excluding hydrogens is 362 g/mol. The van der Waals surface area contributed by atoms with Gasteiger partial charge in [-0.15, -0.1) is 11.3 Å². The standard InChI is InChI=1S/C20H19N3O3S/c1-2-25-19-11-15(7-8-18(19)26-14-17-6-4-10-27-17)12-22-23-20(24)16-5-3-9-21-13-16/h3-13H,2,14H2,1H3,(H,23,24)/b22-12-. The van der Waals surface area contributed by atoms with Crippen LogP contribution >= 0.6 is 11.3 Å². The molecule has 0 radical (unpaired) electrons. The first-order valence-electron chi connectivity index (χ1n) is 8.41. The average molecular weight is 381 g/mol. The zero-order valence-corrected chi connectivity index (χ0v) is 15.6. The van der Waals surface area contributed by atoms with Crippen LogP contribution in [0.3, 0.4) is 0 Å². The Balaban J connectivity index is 1.64. The predicted molar refractivity (Wildman–Crippen MR) is 106 cm³/mol. The number of hydrazone groups is 1. The Labute approximate surface area is 161 Å². The van der Waals surface area contributed by atoms with E-state index in [9.17, 15) is 4.79 Å². The number of rotatable bonds is 8. The zero-order valence-electron chi connectivity index (χ0n) is 14.8. The summed E-state index contributed by atoms with van der Waals surface area (Å²) in [4.78, 5) is 17.0. The minimum absolute atomic E-state index is 0.319. The number of thiophene rings is 1. The van der Waals surface area contributed by atoms with E-state index in [-0.39, 0.29) is 5.91 Å². The maximum absolute atomic E-state index is 11.9. The number of benzene rings is 1. The molecule has 6 nitrogen and oxygen atoms in total. The molecule has 0 saturated carbocycles. The van der Waals surface area contributed by atoms with E-state index in [1.807, 2.05) is 42.6 Å². The van der Waals surface area contributed by atoms with Crippen molar-refractivity contribution in [2.45, 2.75) is 13.5 Å². The van der Waals surface area contributed by atoms with E-state index in [1.54, 1.807) is 35.9 Å². The van der Waals surface area contributed by atoms with Gasteiger partial charge >= 0.3 is 0 Å². The summed E-state index contributed by atoms with van der Waals surface area (Å²) >= 11 is 1.64. The number of nitrogens with one attached hydrogen (secondary N) is 1. The fraction of sp³-hybridized carbons (Fsp3) is 0.150. The Morgan fingerprint density at radius 1 is 1.22 bits per heavy atom. The first kappa shape index (κ1) is 18.6. The molecule has 3 aromatic rings. The monoisotopic (exact) mass is 381 g/mol. The number of amides is 1. The van der Waals surface area contributed by atoms with Crippen molar-refractivity contribution in [1.82, 2.24) is 10.4 Å². The maximum atomic E-state index is 11.9. The van der Waals surface area contributed by atoms with Crippen LogP contribution in [-0.4, -0.2) is 23.7 Å². The number of carbonyl (C=O) groups excluding carboxylic acids is 1. The van der Waals surface area contributed by atoms with Crippen LogP contribution < -0.4 is 14.9 Å². The van der Waals surface area contributed by atoms with Crippen molar-refractivity contribution in [3.63, 3.8) is 0 Å². The average Bonchev–Trinajstić information content (AvgIpc) is 3.22. The number of hydrogen-bond acceptors (Lipinski definition) is 6. The van der Waals surface area contributed by atoms with Crippen LogP contribution in [0.15, 0.2) is 65.3 Å². The normalized spacial score (nSPS) is 10.7. The topological polar surface area (TPSA) is 72.8 Å². The number of nitrogens with zero attached hydrogens (tertiary/aromatic N) is 2. The van der Waals surface area contributed by atoms with Gasteiger partial charge in [-0.1, -0.05) is 6.07 Å². The molecule has 27 heavy (non-hydrogen) atoms. The first-order chi connectivity index (χ1) is 13.3. The van der Waals surface area contributed by atoms with Gasteiger partial charge in [-0.3, -0.25) is 9.78 Å². The lowest BCUT2D eigenvalue weighted by Crippen LogP contribution is -2.17. The number of pyridine rings is 1. The Morgan fingerprint density at radius 3 is 2.89 bits per heavy atom. The van der Waals surface area contributed by atoms with E-state index in [0.29, 0.717) is 30.3 Å². The molecule has 0 spiro atoms. The van der Waals surface area contributed by atoms with Crippen LogP contribution in [0.2, 0.25) is 0 Å². The minimum atomic E-state index is -0.319. The number of hydrogen-bond donors (Lipinski definition) is 1. The molecule has 2 heterocycles. The van der Waals surface area contributed by atoms with Crippen molar-refractivity contribution >= 4 is 23.5 Å². The fourth-order valence-electron chi connectivity index (χ4n) is 2.26. The van der Waals surface area contributed by atoms with Crippen LogP contribution in [0, 0.1) is 0 Å². The smallest absolute Gasteiger partial charge is 0.272 e. The van der Waals surface area contributed by atoms with Gasteiger partial charge < -0.3 is 9.47 Å². The largest absolute Gasteiger partial charge is 0.490 e. The van der Waals surface area contributed by atoms with Crippen LogP contribution in [0.5, 0.6) is 11.5 Å². The lowest BCUT2D eigenvalue weighted by atomic mass is 10.2. The van der Waals surface area contributed by atoms with Crippen LogP contribution in [-0.2, 0) is 6.61 Å². The van der Waals surface area contributed by atoms with E-state index in [2.05, 4.69) is 15.5 Å². The molecule has 1 aromatic carbocycles. The molecular formula is C20H19N3O3S. The second-order valence-corrected chi connectivity index (χ2v) is 6.48. The van der Waals surface area contributed by atoms with Crippen molar-refractivity contribution < 1.29 is 14.3 Å². The highest BCUT2D eigenvalue weighted by atomic mass is 32.1. The van der Waals surface area contributed by atoms with Gasteiger partial charge in [-0.05, 0) is 54.3 Å². The van der Waals surface area contributed by atoms with Gasteiger partial charge in [-0.2, -0.15) is 5.10 Å². The summed E-state index contributed by atoms with van der Waals surface area (Å²) in [7, 11) is 0. The second-order valence-electron chi connectivity index (χ2n) is 5.45. The molecule has 0 bridgehead atoms. The quantitative estimate of drug-likeness (QED) is 0.475. The molecule has 1 N–H and O–H groups in total. The van der Waals surface area contributed by atoms with Gasteiger partial charge in [-0.25, -0.2) is 5.43 Å². The molecule has 0 aliphatic heterocycles. The Hall–Kier alpha value is -3.19. The number of ether oxygens (including phenoxy) is 2. The third-order valence-electron chi connectivity index (χ3n) is 3.52. The summed E-state index contributed by atoms with van der Waals surface area (Å²) in [5.74, 6) is 0.985. The van der Waals surface area contributed by atoms with Crippen molar-refractivity contribution in [3.8, 4) is 11.5 Å². The molecule has 3 rings (SSSR count). The molecule has 0 atom stereocenters.